The van der Waals surface area contributed by atoms with Crippen LogP contribution in [0.4, 0.5) is 0 Å². The number of hydrogen-bond donors (Lipinski definition) is 0. The Morgan fingerprint density at radius 1 is 1.15 bits per heavy atom. The highest BCUT2D eigenvalue weighted by Crippen LogP contribution is 2.28. The third-order valence-electron chi connectivity index (χ3n) is 3.25. The van der Waals surface area contributed by atoms with Crippen molar-refractivity contribution in [2.45, 2.75) is 44.2 Å². The Bertz CT molecular complexity index is 220. The zero-order valence-corrected chi connectivity index (χ0v) is 7.89. The molecule has 72 valence electrons. The van der Waals surface area contributed by atoms with E-state index in [9.17, 15) is 0 Å². The Morgan fingerprint density at radius 3 is 2.85 bits per heavy atom. The van der Waals surface area contributed by atoms with Crippen molar-refractivity contribution in [3.8, 4) is 0 Å². The topological polar surface area (TPSA) is 52.0 Å². The molecule has 2 saturated heterocycles. The second-order valence-corrected chi connectivity index (χ2v) is 4.01. The normalized spacial score (nSPS) is 34.8. The fraction of sp³-hybridized carbons (Fsp3) is 1.00. The minimum absolute atomic E-state index is 0.249. The van der Waals surface area contributed by atoms with Crippen LogP contribution in [0.1, 0.15) is 32.1 Å². The predicted molar refractivity (Wildman–Crippen MR) is 51.4 cm³/mol. The van der Waals surface area contributed by atoms with E-state index in [2.05, 4.69) is 14.9 Å². The molecule has 0 aromatic rings. The Labute approximate surface area is 78.5 Å². The number of piperidine rings is 2. The molecule has 4 nitrogen and oxygen atoms in total. The van der Waals surface area contributed by atoms with Crippen LogP contribution < -0.4 is 0 Å². The zero-order valence-electron chi connectivity index (χ0n) is 7.89. The zero-order chi connectivity index (χ0) is 9.10. The van der Waals surface area contributed by atoms with Crippen LogP contribution in [0.25, 0.3) is 10.4 Å². The summed E-state index contributed by atoms with van der Waals surface area (Å²) in [6.07, 6.45) is 6.13. The number of azide groups is 1. The molecule has 0 aromatic heterocycles. The summed E-state index contributed by atoms with van der Waals surface area (Å²) in [7, 11) is 0. The van der Waals surface area contributed by atoms with Gasteiger partial charge in [0.25, 0.3) is 0 Å². The summed E-state index contributed by atoms with van der Waals surface area (Å²) < 4.78 is 0. The molecule has 13 heavy (non-hydrogen) atoms. The molecular formula is C9H16N4. The molecular weight excluding hydrogens is 164 g/mol. The van der Waals surface area contributed by atoms with Gasteiger partial charge in [-0.05, 0) is 44.3 Å². The fourth-order valence-electron chi connectivity index (χ4n) is 2.63. The van der Waals surface area contributed by atoms with Crippen LogP contribution in [-0.2, 0) is 0 Å². The maximum Gasteiger partial charge on any atom is 0.0530 e. The number of nitrogens with zero attached hydrogens (tertiary/aromatic N) is 4. The highest BCUT2D eigenvalue weighted by atomic mass is 15.2. The van der Waals surface area contributed by atoms with Gasteiger partial charge in [-0.1, -0.05) is 11.5 Å². The molecule has 0 aliphatic carbocycles. The van der Waals surface area contributed by atoms with Gasteiger partial charge in [-0.15, -0.1) is 0 Å². The molecule has 2 rings (SSSR count). The van der Waals surface area contributed by atoms with E-state index in [-0.39, 0.29) is 6.04 Å². The molecule has 0 bridgehead atoms. The van der Waals surface area contributed by atoms with Crippen molar-refractivity contribution in [3.63, 3.8) is 0 Å². The summed E-state index contributed by atoms with van der Waals surface area (Å²) in [5.74, 6) is 0. The molecule has 0 amide bonds. The van der Waals surface area contributed by atoms with Gasteiger partial charge in [0.2, 0.25) is 0 Å². The summed E-state index contributed by atoms with van der Waals surface area (Å²) in [6, 6.07) is 0.803. The fourth-order valence-corrected chi connectivity index (χ4v) is 2.63. The van der Waals surface area contributed by atoms with E-state index in [1.54, 1.807) is 0 Å². The Kier molecular flexibility index (Phi) is 2.71. The molecule has 0 spiro atoms. The average molecular weight is 180 g/mol. The average Bonchev–Trinajstić information content (AvgIpc) is 2.19. The molecule has 2 heterocycles. The number of hydrogen-bond acceptors (Lipinski definition) is 2. The quantitative estimate of drug-likeness (QED) is 0.347. The summed E-state index contributed by atoms with van der Waals surface area (Å²) >= 11 is 0. The lowest BCUT2D eigenvalue weighted by Gasteiger charge is -2.42. The maximum atomic E-state index is 8.45. The van der Waals surface area contributed by atoms with Gasteiger partial charge in [0.15, 0.2) is 0 Å². The van der Waals surface area contributed by atoms with E-state index in [4.69, 9.17) is 5.53 Å². The van der Waals surface area contributed by atoms with Gasteiger partial charge in [-0.3, -0.25) is 4.90 Å². The van der Waals surface area contributed by atoms with Crippen LogP contribution >= 0.6 is 0 Å². The minimum Gasteiger partial charge on any atom is -0.300 e. The molecule has 2 aliphatic heterocycles. The van der Waals surface area contributed by atoms with Gasteiger partial charge in [0, 0.05) is 11.0 Å². The van der Waals surface area contributed by atoms with Gasteiger partial charge in [0.05, 0.1) is 6.04 Å². The Balaban J connectivity index is 2.06. The lowest BCUT2D eigenvalue weighted by atomic mass is 9.89. The standard InChI is InChI=1S/C9H16N4/c10-12-11-8-4-3-7-13-6-2-1-5-9(8)13/h8-9H,1-7H2. The maximum absolute atomic E-state index is 8.45. The van der Waals surface area contributed by atoms with Crippen molar-refractivity contribution in [1.29, 1.82) is 0 Å². The van der Waals surface area contributed by atoms with Crippen LogP contribution in [0.5, 0.6) is 0 Å². The van der Waals surface area contributed by atoms with E-state index >= 15 is 0 Å². The van der Waals surface area contributed by atoms with Gasteiger partial charge < -0.3 is 0 Å². The van der Waals surface area contributed by atoms with Crippen molar-refractivity contribution < 1.29 is 0 Å². The van der Waals surface area contributed by atoms with E-state index in [0.29, 0.717) is 6.04 Å². The molecule has 2 atom stereocenters. The SMILES string of the molecule is [N-]=[N+]=NC1CCCN2CCCCC12. The molecule has 2 unspecified atom stereocenters. The first-order chi connectivity index (χ1) is 6.42. The predicted octanol–water partition coefficient (Wildman–Crippen LogP) is 2.31. The third-order valence-corrected chi connectivity index (χ3v) is 3.25. The van der Waals surface area contributed by atoms with Crippen LogP contribution in [0.15, 0.2) is 5.11 Å². The molecule has 4 heteroatoms. The first-order valence-electron chi connectivity index (χ1n) is 5.20. The largest absolute Gasteiger partial charge is 0.300 e. The first-order valence-corrected chi connectivity index (χ1v) is 5.20. The van der Waals surface area contributed by atoms with E-state index in [1.807, 2.05) is 0 Å². The van der Waals surface area contributed by atoms with Gasteiger partial charge in [0.1, 0.15) is 0 Å². The molecule has 2 fully saturated rings. The summed E-state index contributed by atoms with van der Waals surface area (Å²) in [5, 5.41) is 3.91. The van der Waals surface area contributed by atoms with E-state index < -0.39 is 0 Å². The van der Waals surface area contributed by atoms with Crippen molar-refractivity contribution >= 4 is 0 Å². The minimum atomic E-state index is 0.249. The number of fused-ring (bicyclic) bond motifs is 1. The van der Waals surface area contributed by atoms with Crippen molar-refractivity contribution in [3.05, 3.63) is 10.4 Å². The van der Waals surface area contributed by atoms with Crippen molar-refractivity contribution in [2.75, 3.05) is 13.1 Å². The monoisotopic (exact) mass is 180 g/mol. The second kappa shape index (κ2) is 3.99. The lowest BCUT2D eigenvalue weighted by Crippen LogP contribution is -2.49. The van der Waals surface area contributed by atoms with Gasteiger partial charge in [-0.2, -0.15) is 0 Å². The Hall–Kier alpha value is -0.730. The van der Waals surface area contributed by atoms with E-state index in [0.717, 1.165) is 6.42 Å². The smallest absolute Gasteiger partial charge is 0.0530 e. The molecule has 0 radical (unpaired) electrons. The molecule has 0 aromatic carbocycles. The van der Waals surface area contributed by atoms with Crippen LogP contribution in [0, 0.1) is 0 Å². The molecule has 0 saturated carbocycles. The van der Waals surface area contributed by atoms with Crippen LogP contribution in [-0.4, -0.2) is 30.1 Å². The summed E-state index contributed by atoms with van der Waals surface area (Å²) in [5.41, 5.74) is 8.45. The highest BCUT2D eigenvalue weighted by molar-refractivity contribution is 4.91. The Morgan fingerprint density at radius 2 is 2.00 bits per heavy atom. The van der Waals surface area contributed by atoms with Gasteiger partial charge >= 0.3 is 0 Å². The van der Waals surface area contributed by atoms with Crippen LogP contribution in [0.3, 0.4) is 0 Å². The lowest BCUT2D eigenvalue weighted by molar-refractivity contribution is 0.0915. The van der Waals surface area contributed by atoms with Crippen molar-refractivity contribution in [1.82, 2.24) is 4.90 Å². The third kappa shape index (κ3) is 1.79. The van der Waals surface area contributed by atoms with Crippen LogP contribution in [0.2, 0.25) is 0 Å². The van der Waals surface area contributed by atoms with Crippen molar-refractivity contribution in [2.24, 2.45) is 5.11 Å². The summed E-state index contributed by atoms with van der Waals surface area (Å²) in [6.45, 7) is 2.42. The summed E-state index contributed by atoms with van der Waals surface area (Å²) in [4.78, 5) is 5.46. The molecule has 2 aliphatic rings. The second-order valence-electron chi connectivity index (χ2n) is 4.01. The van der Waals surface area contributed by atoms with Gasteiger partial charge in [-0.25, -0.2) is 0 Å². The van der Waals surface area contributed by atoms with E-state index in [1.165, 1.54) is 38.8 Å². The first kappa shape index (κ1) is 8.85. The number of rotatable bonds is 1. The molecule has 0 N–H and O–H groups in total. The highest BCUT2D eigenvalue weighted by Gasteiger charge is 2.31.